The van der Waals surface area contributed by atoms with Crippen LogP contribution in [-0.4, -0.2) is 10.9 Å². The van der Waals surface area contributed by atoms with Crippen LogP contribution in [0.15, 0.2) is 60.1 Å². The van der Waals surface area contributed by atoms with E-state index in [0.29, 0.717) is 18.7 Å². The summed E-state index contributed by atoms with van der Waals surface area (Å²) in [4.78, 5) is 17.3. The normalized spacial score (nSPS) is 10.4. The van der Waals surface area contributed by atoms with Gasteiger partial charge in [0.05, 0.1) is 18.3 Å². The lowest BCUT2D eigenvalue weighted by atomic mass is 10.2. The van der Waals surface area contributed by atoms with Gasteiger partial charge in [-0.15, -0.1) is 11.3 Å². The first-order chi connectivity index (χ1) is 11.7. The van der Waals surface area contributed by atoms with E-state index in [1.807, 2.05) is 53.9 Å². The monoisotopic (exact) mass is 357 g/mol. The highest BCUT2D eigenvalue weighted by atomic mass is 35.5. The van der Waals surface area contributed by atoms with Crippen molar-refractivity contribution in [2.24, 2.45) is 0 Å². The maximum absolute atomic E-state index is 12.0. The van der Waals surface area contributed by atoms with Gasteiger partial charge in [0.15, 0.2) is 0 Å². The maximum Gasteiger partial charge on any atom is 0.229 e. The third kappa shape index (κ3) is 4.57. The van der Waals surface area contributed by atoms with Crippen molar-refractivity contribution in [2.45, 2.75) is 13.0 Å². The lowest BCUT2D eigenvalue weighted by Gasteiger charge is -2.08. The van der Waals surface area contributed by atoms with Gasteiger partial charge in [-0.1, -0.05) is 35.9 Å². The molecule has 6 heteroatoms. The predicted molar refractivity (Wildman–Crippen MR) is 99.7 cm³/mol. The Kier molecular flexibility index (Phi) is 5.46. The van der Waals surface area contributed by atoms with Crippen LogP contribution in [0.25, 0.3) is 0 Å². The number of rotatable bonds is 6. The number of hydrogen-bond acceptors (Lipinski definition) is 4. The van der Waals surface area contributed by atoms with Crippen LogP contribution >= 0.6 is 22.9 Å². The van der Waals surface area contributed by atoms with E-state index in [2.05, 4.69) is 15.6 Å². The third-order valence-corrected chi connectivity index (χ3v) is 4.63. The molecule has 0 aliphatic rings. The van der Waals surface area contributed by atoms with Gasteiger partial charge < -0.3 is 10.6 Å². The average molecular weight is 358 g/mol. The van der Waals surface area contributed by atoms with Crippen LogP contribution in [0.3, 0.4) is 0 Å². The summed E-state index contributed by atoms with van der Waals surface area (Å²) < 4.78 is 0. The number of thiophene rings is 1. The van der Waals surface area contributed by atoms with E-state index in [0.717, 1.165) is 21.3 Å². The highest BCUT2D eigenvalue weighted by Crippen LogP contribution is 2.17. The van der Waals surface area contributed by atoms with E-state index in [1.54, 1.807) is 17.5 Å². The topological polar surface area (TPSA) is 54.0 Å². The van der Waals surface area contributed by atoms with Crippen molar-refractivity contribution in [3.63, 3.8) is 0 Å². The van der Waals surface area contributed by atoms with Crippen LogP contribution in [0.5, 0.6) is 0 Å². The average Bonchev–Trinajstić information content (AvgIpc) is 3.08. The van der Waals surface area contributed by atoms with E-state index < -0.39 is 0 Å². The summed E-state index contributed by atoms with van der Waals surface area (Å²) in [6.45, 7) is 0.594. The number of hydrogen-bond donors (Lipinski definition) is 2. The smallest absolute Gasteiger partial charge is 0.229 e. The molecular weight excluding hydrogens is 342 g/mol. The van der Waals surface area contributed by atoms with Crippen LogP contribution in [0, 0.1) is 0 Å². The van der Waals surface area contributed by atoms with Gasteiger partial charge in [0, 0.05) is 16.4 Å². The van der Waals surface area contributed by atoms with E-state index in [-0.39, 0.29) is 5.91 Å². The number of anilines is 2. The first-order valence-electron chi connectivity index (χ1n) is 7.46. The zero-order chi connectivity index (χ0) is 16.8. The molecule has 2 N–H and O–H groups in total. The van der Waals surface area contributed by atoms with Crippen molar-refractivity contribution in [1.29, 1.82) is 0 Å². The number of aromatic nitrogens is 1. The van der Waals surface area contributed by atoms with Crippen LogP contribution in [0.1, 0.15) is 10.4 Å². The van der Waals surface area contributed by atoms with Crippen molar-refractivity contribution in [3.05, 3.63) is 75.6 Å². The Hall–Kier alpha value is -2.37. The summed E-state index contributed by atoms with van der Waals surface area (Å²) in [7, 11) is 0. The molecule has 0 aliphatic heterocycles. The highest BCUT2D eigenvalue weighted by molar-refractivity contribution is 7.10. The molecule has 3 aromatic rings. The van der Waals surface area contributed by atoms with Crippen LogP contribution in [0.2, 0.25) is 5.02 Å². The van der Waals surface area contributed by atoms with E-state index in [1.165, 1.54) is 0 Å². The maximum atomic E-state index is 12.0. The predicted octanol–water partition coefficient (Wildman–Crippen LogP) is 4.59. The second-order valence-electron chi connectivity index (χ2n) is 5.18. The molecule has 0 saturated heterocycles. The van der Waals surface area contributed by atoms with E-state index in [4.69, 9.17) is 11.6 Å². The van der Waals surface area contributed by atoms with Crippen LogP contribution in [-0.2, 0) is 17.8 Å². The van der Waals surface area contributed by atoms with Crippen molar-refractivity contribution < 1.29 is 4.79 Å². The quantitative estimate of drug-likeness (QED) is 0.678. The standard InChI is InChI=1S/C18H16ClN3OS/c19-16-6-2-1-4-13(16)11-20-17-8-7-14(12-21-17)22-18(23)10-15-5-3-9-24-15/h1-9,12H,10-11H2,(H,20,21)(H,22,23). The molecule has 0 atom stereocenters. The molecule has 0 saturated carbocycles. The second-order valence-corrected chi connectivity index (χ2v) is 6.62. The Morgan fingerprint density at radius 3 is 2.71 bits per heavy atom. The Balaban J connectivity index is 1.53. The molecule has 2 aromatic heterocycles. The zero-order valence-corrected chi connectivity index (χ0v) is 14.4. The summed E-state index contributed by atoms with van der Waals surface area (Å²) in [6, 6.07) is 15.2. The van der Waals surface area contributed by atoms with Crippen LogP contribution < -0.4 is 10.6 Å². The van der Waals surface area contributed by atoms with Gasteiger partial charge in [-0.05, 0) is 35.2 Å². The molecule has 0 radical (unpaired) electrons. The van der Waals surface area contributed by atoms with Crippen LogP contribution in [0.4, 0.5) is 11.5 Å². The molecule has 122 valence electrons. The Labute approximate surface area is 149 Å². The molecule has 0 bridgehead atoms. The third-order valence-electron chi connectivity index (χ3n) is 3.38. The minimum absolute atomic E-state index is 0.0453. The van der Waals surface area contributed by atoms with E-state index in [9.17, 15) is 4.79 Å². The highest BCUT2D eigenvalue weighted by Gasteiger charge is 2.05. The molecule has 3 rings (SSSR count). The Bertz CT molecular complexity index is 803. The number of halogens is 1. The first kappa shape index (κ1) is 16.5. The minimum atomic E-state index is -0.0453. The fourth-order valence-corrected chi connectivity index (χ4v) is 3.08. The summed E-state index contributed by atoms with van der Waals surface area (Å²) in [5.74, 6) is 0.683. The largest absolute Gasteiger partial charge is 0.366 e. The summed E-state index contributed by atoms with van der Waals surface area (Å²) in [5.41, 5.74) is 1.69. The van der Waals surface area contributed by atoms with Crippen molar-refractivity contribution in [3.8, 4) is 0 Å². The first-order valence-corrected chi connectivity index (χ1v) is 8.72. The molecule has 0 spiro atoms. The van der Waals surface area contributed by atoms with Crippen molar-refractivity contribution in [2.75, 3.05) is 10.6 Å². The number of carbonyl (C=O) groups is 1. The Morgan fingerprint density at radius 2 is 2.00 bits per heavy atom. The molecule has 0 unspecified atom stereocenters. The van der Waals surface area contributed by atoms with Gasteiger partial charge >= 0.3 is 0 Å². The molecule has 24 heavy (non-hydrogen) atoms. The fraction of sp³-hybridized carbons (Fsp3) is 0.111. The van der Waals surface area contributed by atoms with Gasteiger partial charge in [-0.25, -0.2) is 4.98 Å². The number of pyridine rings is 1. The minimum Gasteiger partial charge on any atom is -0.366 e. The lowest BCUT2D eigenvalue weighted by Crippen LogP contribution is -2.14. The Morgan fingerprint density at radius 1 is 1.12 bits per heavy atom. The number of amides is 1. The van der Waals surface area contributed by atoms with Gasteiger partial charge in [0.2, 0.25) is 5.91 Å². The SMILES string of the molecule is O=C(Cc1cccs1)Nc1ccc(NCc2ccccc2Cl)nc1. The molecular formula is C18H16ClN3OS. The van der Waals surface area contributed by atoms with E-state index >= 15 is 0 Å². The number of nitrogens with one attached hydrogen (secondary N) is 2. The summed E-state index contributed by atoms with van der Waals surface area (Å²) >= 11 is 7.70. The van der Waals surface area contributed by atoms with Gasteiger partial charge in [-0.2, -0.15) is 0 Å². The van der Waals surface area contributed by atoms with Crippen molar-refractivity contribution in [1.82, 2.24) is 4.98 Å². The van der Waals surface area contributed by atoms with Gasteiger partial charge in [-0.3, -0.25) is 4.79 Å². The molecule has 0 fully saturated rings. The molecule has 1 amide bonds. The molecule has 1 aromatic carbocycles. The van der Waals surface area contributed by atoms with Gasteiger partial charge in [0.1, 0.15) is 5.82 Å². The van der Waals surface area contributed by atoms with Crippen molar-refractivity contribution >= 4 is 40.4 Å². The zero-order valence-electron chi connectivity index (χ0n) is 12.8. The summed E-state index contributed by atoms with van der Waals surface area (Å²) in [5, 5.41) is 8.75. The summed E-state index contributed by atoms with van der Waals surface area (Å²) in [6.07, 6.45) is 2.02. The lowest BCUT2D eigenvalue weighted by molar-refractivity contribution is -0.115. The molecule has 4 nitrogen and oxygen atoms in total. The molecule has 0 aliphatic carbocycles. The second kappa shape index (κ2) is 7.95. The number of nitrogens with zero attached hydrogens (tertiary/aromatic N) is 1. The van der Waals surface area contributed by atoms with Gasteiger partial charge in [0.25, 0.3) is 0 Å². The number of carbonyl (C=O) groups excluding carboxylic acids is 1. The number of benzene rings is 1. The molecule has 2 heterocycles. The fourth-order valence-electron chi connectivity index (χ4n) is 2.18.